The summed E-state index contributed by atoms with van der Waals surface area (Å²) in [4.78, 5) is 24.1. The van der Waals surface area contributed by atoms with Crippen molar-refractivity contribution in [3.05, 3.63) is 84.1 Å². The molecule has 0 bridgehead atoms. The predicted molar refractivity (Wildman–Crippen MR) is 132 cm³/mol. The van der Waals surface area contributed by atoms with E-state index in [1.807, 2.05) is 72.8 Å². The molecule has 0 aliphatic heterocycles. The van der Waals surface area contributed by atoms with Gasteiger partial charge < -0.3 is 11.1 Å². The molecule has 0 aliphatic rings. The van der Waals surface area contributed by atoms with E-state index in [-0.39, 0.29) is 23.8 Å². The number of hydrogen-bond donors (Lipinski definition) is 3. The Morgan fingerprint density at radius 3 is 2.33 bits per heavy atom. The number of amides is 3. The molecule has 33 heavy (non-hydrogen) atoms. The van der Waals surface area contributed by atoms with Gasteiger partial charge in [-0.1, -0.05) is 69.3 Å². The van der Waals surface area contributed by atoms with E-state index in [1.54, 1.807) is 4.68 Å². The van der Waals surface area contributed by atoms with Gasteiger partial charge >= 0.3 is 6.03 Å². The summed E-state index contributed by atoms with van der Waals surface area (Å²) in [6, 6.07) is 22.6. The van der Waals surface area contributed by atoms with Crippen LogP contribution in [0.15, 0.2) is 72.8 Å². The van der Waals surface area contributed by atoms with Gasteiger partial charge in [-0.15, -0.1) is 0 Å². The third-order valence-corrected chi connectivity index (χ3v) is 5.32. The van der Waals surface area contributed by atoms with E-state index < -0.39 is 0 Å². The number of hydrogen-bond acceptors (Lipinski definition) is 3. The van der Waals surface area contributed by atoms with E-state index in [2.05, 4.69) is 31.4 Å². The van der Waals surface area contributed by atoms with Crippen LogP contribution in [-0.2, 0) is 16.6 Å². The summed E-state index contributed by atoms with van der Waals surface area (Å²) < 4.78 is 1.69. The molecule has 7 heteroatoms. The number of carbonyl (C=O) groups excluding carboxylic acids is 2. The van der Waals surface area contributed by atoms with Crippen LogP contribution in [0.5, 0.6) is 0 Å². The highest BCUT2D eigenvalue weighted by Gasteiger charge is 2.21. The number of benzene rings is 3. The standard InChI is InChI=1S/C26H27N5O2/c1-26(2,3)22-16-24(31(30-22)19-13-11-17(12-14-19)15-23(27)32)29-25(33)28-21-10-6-8-18-7-4-5-9-20(18)21/h4-14,16H,15H2,1-3H3,(H2,27,32)(H2,28,29,33). The van der Waals surface area contributed by atoms with E-state index >= 15 is 0 Å². The monoisotopic (exact) mass is 441 g/mol. The van der Waals surface area contributed by atoms with Crippen molar-refractivity contribution in [2.45, 2.75) is 32.6 Å². The third-order valence-electron chi connectivity index (χ3n) is 5.32. The fraction of sp³-hybridized carbons (Fsp3) is 0.192. The van der Waals surface area contributed by atoms with Crippen molar-refractivity contribution >= 4 is 34.2 Å². The number of nitrogens with two attached hydrogens (primary N) is 1. The fourth-order valence-corrected chi connectivity index (χ4v) is 3.59. The molecule has 7 nitrogen and oxygen atoms in total. The van der Waals surface area contributed by atoms with Crippen LogP contribution in [0.25, 0.3) is 16.5 Å². The molecule has 4 aromatic rings. The first-order chi connectivity index (χ1) is 15.7. The lowest BCUT2D eigenvalue weighted by molar-refractivity contribution is -0.117. The smallest absolute Gasteiger partial charge is 0.324 e. The van der Waals surface area contributed by atoms with Gasteiger partial charge in [0.15, 0.2) is 0 Å². The van der Waals surface area contributed by atoms with Crippen molar-refractivity contribution < 1.29 is 9.59 Å². The zero-order chi connectivity index (χ0) is 23.6. The fourth-order valence-electron chi connectivity index (χ4n) is 3.59. The van der Waals surface area contributed by atoms with E-state index in [1.165, 1.54) is 0 Å². The maximum Gasteiger partial charge on any atom is 0.324 e. The van der Waals surface area contributed by atoms with E-state index in [0.29, 0.717) is 5.82 Å². The molecule has 1 aromatic heterocycles. The Kier molecular flexibility index (Phi) is 5.87. The molecular weight excluding hydrogens is 414 g/mol. The molecule has 4 rings (SSSR count). The second kappa shape index (κ2) is 8.78. The average molecular weight is 442 g/mol. The predicted octanol–water partition coefficient (Wildman–Crippen LogP) is 4.99. The number of urea groups is 1. The number of nitrogens with one attached hydrogen (secondary N) is 2. The Morgan fingerprint density at radius 1 is 0.939 bits per heavy atom. The van der Waals surface area contributed by atoms with Crippen LogP contribution in [-0.4, -0.2) is 21.7 Å². The van der Waals surface area contributed by atoms with Crippen LogP contribution in [0.3, 0.4) is 0 Å². The lowest BCUT2D eigenvalue weighted by Crippen LogP contribution is -2.21. The second-order valence-electron chi connectivity index (χ2n) is 8.99. The van der Waals surface area contributed by atoms with Crippen molar-refractivity contribution in [2.75, 3.05) is 10.6 Å². The van der Waals surface area contributed by atoms with Crippen LogP contribution in [0.2, 0.25) is 0 Å². The number of primary amides is 1. The topological polar surface area (TPSA) is 102 Å². The minimum atomic E-state index is -0.385. The van der Waals surface area contributed by atoms with E-state index in [9.17, 15) is 9.59 Å². The first-order valence-corrected chi connectivity index (χ1v) is 10.7. The van der Waals surface area contributed by atoms with Crippen molar-refractivity contribution in [1.29, 1.82) is 0 Å². The van der Waals surface area contributed by atoms with Crippen LogP contribution >= 0.6 is 0 Å². The molecule has 0 aliphatic carbocycles. The molecule has 0 radical (unpaired) electrons. The van der Waals surface area contributed by atoms with Gasteiger partial charge in [0.2, 0.25) is 5.91 Å². The lowest BCUT2D eigenvalue weighted by atomic mass is 9.92. The zero-order valence-corrected chi connectivity index (χ0v) is 18.9. The molecule has 168 valence electrons. The first kappa shape index (κ1) is 22.1. The summed E-state index contributed by atoms with van der Waals surface area (Å²) in [7, 11) is 0. The summed E-state index contributed by atoms with van der Waals surface area (Å²) in [5, 5.41) is 12.6. The van der Waals surface area contributed by atoms with Gasteiger partial charge in [0, 0.05) is 16.9 Å². The maximum atomic E-state index is 12.9. The Bertz CT molecular complexity index is 1310. The number of nitrogens with zero attached hydrogens (tertiary/aromatic N) is 2. The third kappa shape index (κ3) is 5.03. The maximum absolute atomic E-state index is 12.9. The molecule has 4 N–H and O–H groups in total. The number of carbonyl (C=O) groups is 2. The minimum Gasteiger partial charge on any atom is -0.369 e. The molecule has 0 fully saturated rings. The quantitative estimate of drug-likeness (QED) is 0.406. The normalized spacial score (nSPS) is 11.4. The van der Waals surface area contributed by atoms with Crippen LogP contribution in [0.1, 0.15) is 32.0 Å². The Labute approximate surface area is 192 Å². The highest BCUT2D eigenvalue weighted by molar-refractivity contribution is 6.06. The summed E-state index contributed by atoms with van der Waals surface area (Å²) >= 11 is 0. The number of anilines is 2. The van der Waals surface area contributed by atoms with Crippen LogP contribution in [0, 0.1) is 0 Å². The van der Waals surface area contributed by atoms with Crippen LogP contribution in [0.4, 0.5) is 16.3 Å². The lowest BCUT2D eigenvalue weighted by Gasteiger charge is -2.14. The van der Waals surface area contributed by atoms with E-state index in [4.69, 9.17) is 10.8 Å². The minimum absolute atomic E-state index is 0.172. The van der Waals surface area contributed by atoms with Crippen molar-refractivity contribution in [3.63, 3.8) is 0 Å². The Balaban J connectivity index is 1.63. The molecule has 0 saturated heterocycles. The van der Waals surface area contributed by atoms with Gasteiger partial charge in [-0.3, -0.25) is 10.1 Å². The van der Waals surface area contributed by atoms with Crippen molar-refractivity contribution in [2.24, 2.45) is 5.73 Å². The zero-order valence-electron chi connectivity index (χ0n) is 18.9. The Morgan fingerprint density at radius 2 is 1.64 bits per heavy atom. The van der Waals surface area contributed by atoms with Gasteiger partial charge in [-0.2, -0.15) is 5.10 Å². The SMILES string of the molecule is CC(C)(C)c1cc(NC(=O)Nc2cccc3ccccc23)n(-c2ccc(CC(N)=O)cc2)n1. The molecule has 3 amide bonds. The molecule has 1 heterocycles. The number of fused-ring (bicyclic) bond motifs is 1. The highest BCUT2D eigenvalue weighted by atomic mass is 16.2. The first-order valence-electron chi connectivity index (χ1n) is 10.7. The van der Waals surface area contributed by atoms with Gasteiger partial charge in [0.05, 0.1) is 23.5 Å². The average Bonchev–Trinajstić information content (AvgIpc) is 3.18. The molecule has 0 saturated carbocycles. The molecular formula is C26H27N5O2. The Hall–Kier alpha value is -4.13. The van der Waals surface area contributed by atoms with Crippen LogP contribution < -0.4 is 16.4 Å². The van der Waals surface area contributed by atoms with Crippen molar-refractivity contribution in [3.8, 4) is 5.69 Å². The molecule has 0 unspecified atom stereocenters. The molecule has 0 spiro atoms. The number of aromatic nitrogens is 2. The van der Waals surface area contributed by atoms with Gasteiger partial charge in [-0.25, -0.2) is 9.48 Å². The summed E-state index contributed by atoms with van der Waals surface area (Å²) in [5.74, 6) is 0.157. The largest absolute Gasteiger partial charge is 0.369 e. The summed E-state index contributed by atoms with van der Waals surface area (Å²) in [6.07, 6.45) is 0.172. The van der Waals surface area contributed by atoms with Gasteiger partial charge in [-0.05, 0) is 29.1 Å². The highest BCUT2D eigenvalue weighted by Crippen LogP contribution is 2.27. The summed E-state index contributed by atoms with van der Waals surface area (Å²) in [6.45, 7) is 6.20. The van der Waals surface area contributed by atoms with Crippen molar-refractivity contribution in [1.82, 2.24) is 9.78 Å². The number of rotatable bonds is 5. The van der Waals surface area contributed by atoms with Gasteiger partial charge in [0.1, 0.15) is 5.82 Å². The molecule has 0 atom stereocenters. The summed E-state index contributed by atoms with van der Waals surface area (Å²) in [5.41, 5.74) is 8.23. The molecule has 3 aromatic carbocycles. The van der Waals surface area contributed by atoms with Gasteiger partial charge in [0.25, 0.3) is 0 Å². The van der Waals surface area contributed by atoms with E-state index in [0.717, 1.165) is 33.4 Å². The second-order valence-corrected chi connectivity index (χ2v) is 8.99.